The van der Waals surface area contributed by atoms with Crippen molar-refractivity contribution in [2.24, 2.45) is 0 Å². The summed E-state index contributed by atoms with van der Waals surface area (Å²) in [5.41, 5.74) is 2.60. The summed E-state index contributed by atoms with van der Waals surface area (Å²) in [6.07, 6.45) is 1.10. The molecule has 0 atom stereocenters. The molecule has 1 aromatic carbocycles. The van der Waals surface area contributed by atoms with E-state index in [1.54, 1.807) is 0 Å². The number of halogens is 3. The van der Waals surface area contributed by atoms with Crippen LogP contribution in [0, 0.1) is 0 Å². The SMILES string of the molecule is Brc1cc2c(c(Br)c1Br)CCN2. The quantitative estimate of drug-likeness (QED) is 0.695. The summed E-state index contributed by atoms with van der Waals surface area (Å²) in [6, 6.07) is 2.11. The Morgan fingerprint density at radius 3 is 2.67 bits per heavy atom. The van der Waals surface area contributed by atoms with Gasteiger partial charge in [0.2, 0.25) is 0 Å². The summed E-state index contributed by atoms with van der Waals surface area (Å²) in [5, 5.41) is 3.33. The van der Waals surface area contributed by atoms with Crippen molar-refractivity contribution in [2.45, 2.75) is 6.42 Å². The summed E-state index contributed by atoms with van der Waals surface area (Å²) < 4.78 is 3.35. The zero-order valence-electron chi connectivity index (χ0n) is 6.13. The van der Waals surface area contributed by atoms with Crippen LogP contribution in [0.4, 0.5) is 5.69 Å². The Balaban J connectivity index is 2.67. The monoisotopic (exact) mass is 353 g/mol. The lowest BCUT2D eigenvalue weighted by Crippen LogP contribution is -1.90. The topological polar surface area (TPSA) is 12.0 Å². The number of rotatable bonds is 0. The van der Waals surface area contributed by atoms with E-state index in [1.165, 1.54) is 11.3 Å². The molecule has 1 aromatic rings. The van der Waals surface area contributed by atoms with E-state index >= 15 is 0 Å². The first kappa shape index (κ1) is 9.03. The van der Waals surface area contributed by atoms with Gasteiger partial charge in [0, 0.05) is 25.7 Å². The minimum Gasteiger partial charge on any atom is -0.384 e. The zero-order chi connectivity index (χ0) is 8.72. The van der Waals surface area contributed by atoms with E-state index in [-0.39, 0.29) is 0 Å². The van der Waals surface area contributed by atoms with Crippen LogP contribution in [-0.2, 0) is 6.42 Å². The molecular weight excluding hydrogens is 350 g/mol. The van der Waals surface area contributed by atoms with Gasteiger partial charge in [0.1, 0.15) is 0 Å². The zero-order valence-corrected chi connectivity index (χ0v) is 10.9. The fraction of sp³-hybridized carbons (Fsp3) is 0.250. The Bertz CT molecular complexity index is 336. The van der Waals surface area contributed by atoms with Crippen molar-refractivity contribution >= 4 is 53.5 Å². The molecule has 1 heterocycles. The van der Waals surface area contributed by atoms with Gasteiger partial charge in [-0.2, -0.15) is 0 Å². The highest BCUT2D eigenvalue weighted by molar-refractivity contribution is 9.14. The third kappa shape index (κ3) is 1.34. The van der Waals surface area contributed by atoms with Crippen LogP contribution in [0.2, 0.25) is 0 Å². The van der Waals surface area contributed by atoms with E-state index in [9.17, 15) is 0 Å². The van der Waals surface area contributed by atoms with E-state index in [4.69, 9.17) is 0 Å². The number of hydrogen-bond acceptors (Lipinski definition) is 1. The second-order valence-corrected chi connectivity index (χ2v) is 5.13. The molecule has 1 nitrogen and oxygen atoms in total. The number of hydrogen-bond donors (Lipinski definition) is 1. The molecule has 0 bridgehead atoms. The van der Waals surface area contributed by atoms with Gasteiger partial charge < -0.3 is 5.32 Å². The van der Waals surface area contributed by atoms with Gasteiger partial charge in [0.25, 0.3) is 0 Å². The highest BCUT2D eigenvalue weighted by Gasteiger charge is 2.17. The van der Waals surface area contributed by atoms with Gasteiger partial charge in [0.15, 0.2) is 0 Å². The van der Waals surface area contributed by atoms with E-state index < -0.39 is 0 Å². The van der Waals surface area contributed by atoms with Gasteiger partial charge in [-0.05, 0) is 65.8 Å². The molecule has 0 aromatic heterocycles. The maximum absolute atomic E-state index is 3.57. The lowest BCUT2D eigenvalue weighted by atomic mass is 10.2. The molecule has 1 aliphatic rings. The fourth-order valence-electron chi connectivity index (χ4n) is 1.36. The summed E-state index contributed by atoms with van der Waals surface area (Å²) in [5.74, 6) is 0. The van der Waals surface area contributed by atoms with Crippen molar-refractivity contribution in [3.05, 3.63) is 25.0 Å². The number of anilines is 1. The van der Waals surface area contributed by atoms with E-state index in [1.807, 2.05) is 0 Å². The molecule has 0 aliphatic carbocycles. The van der Waals surface area contributed by atoms with Crippen LogP contribution in [0.15, 0.2) is 19.5 Å². The molecule has 2 rings (SSSR count). The van der Waals surface area contributed by atoms with Gasteiger partial charge >= 0.3 is 0 Å². The van der Waals surface area contributed by atoms with Gasteiger partial charge in [-0.1, -0.05) is 0 Å². The average Bonchev–Trinajstić information content (AvgIpc) is 2.48. The van der Waals surface area contributed by atoms with Crippen molar-refractivity contribution in [1.82, 2.24) is 0 Å². The normalized spacial score (nSPS) is 14.2. The van der Waals surface area contributed by atoms with E-state index in [0.717, 1.165) is 26.4 Å². The van der Waals surface area contributed by atoms with Crippen LogP contribution in [0.5, 0.6) is 0 Å². The van der Waals surface area contributed by atoms with Gasteiger partial charge in [0.05, 0.1) is 0 Å². The lowest BCUT2D eigenvalue weighted by molar-refractivity contribution is 1.10. The molecule has 0 unspecified atom stereocenters. The van der Waals surface area contributed by atoms with Crippen molar-refractivity contribution in [2.75, 3.05) is 11.9 Å². The minimum atomic E-state index is 1.04. The van der Waals surface area contributed by atoms with Crippen LogP contribution < -0.4 is 5.32 Å². The van der Waals surface area contributed by atoms with Crippen molar-refractivity contribution in [1.29, 1.82) is 0 Å². The predicted octanol–water partition coefficient (Wildman–Crippen LogP) is 3.94. The molecular formula is C8H6Br3N. The van der Waals surface area contributed by atoms with E-state index in [0.29, 0.717) is 0 Å². The van der Waals surface area contributed by atoms with Crippen LogP contribution in [0.1, 0.15) is 5.56 Å². The maximum atomic E-state index is 3.57. The molecule has 4 heteroatoms. The molecule has 0 saturated heterocycles. The Hall–Kier alpha value is 0.460. The molecule has 1 aliphatic heterocycles. The Kier molecular flexibility index (Phi) is 2.49. The Morgan fingerprint density at radius 2 is 1.92 bits per heavy atom. The largest absolute Gasteiger partial charge is 0.384 e. The first-order valence-corrected chi connectivity index (χ1v) is 5.98. The van der Waals surface area contributed by atoms with Crippen molar-refractivity contribution < 1.29 is 0 Å². The Morgan fingerprint density at radius 1 is 1.17 bits per heavy atom. The first-order chi connectivity index (χ1) is 5.70. The number of fused-ring (bicyclic) bond motifs is 1. The Labute approximate surface area is 96.3 Å². The molecule has 64 valence electrons. The third-order valence-electron chi connectivity index (χ3n) is 1.95. The molecule has 0 saturated carbocycles. The van der Waals surface area contributed by atoms with Gasteiger partial charge in [-0.25, -0.2) is 0 Å². The van der Waals surface area contributed by atoms with Crippen LogP contribution in [-0.4, -0.2) is 6.54 Å². The van der Waals surface area contributed by atoms with Crippen LogP contribution >= 0.6 is 47.8 Å². The fourth-order valence-corrected chi connectivity index (χ4v) is 3.03. The number of benzene rings is 1. The van der Waals surface area contributed by atoms with Crippen LogP contribution in [0.3, 0.4) is 0 Å². The minimum absolute atomic E-state index is 1.04. The molecule has 0 radical (unpaired) electrons. The average molecular weight is 356 g/mol. The first-order valence-electron chi connectivity index (χ1n) is 3.60. The van der Waals surface area contributed by atoms with Crippen molar-refractivity contribution in [3.63, 3.8) is 0 Å². The van der Waals surface area contributed by atoms with Gasteiger partial charge in [-0.3, -0.25) is 0 Å². The molecule has 0 spiro atoms. The standard InChI is InChI=1S/C8H6Br3N/c9-5-3-6-4(1-2-12-6)7(10)8(5)11/h3,12H,1-2H2. The highest BCUT2D eigenvalue weighted by atomic mass is 79.9. The third-order valence-corrected chi connectivity index (χ3v) is 5.34. The lowest BCUT2D eigenvalue weighted by Gasteiger charge is -2.06. The molecule has 12 heavy (non-hydrogen) atoms. The second kappa shape index (κ2) is 3.31. The summed E-state index contributed by atoms with van der Waals surface area (Å²) in [7, 11) is 0. The van der Waals surface area contributed by atoms with Crippen molar-refractivity contribution in [3.8, 4) is 0 Å². The molecule has 1 N–H and O–H groups in total. The second-order valence-electron chi connectivity index (χ2n) is 2.69. The number of nitrogens with one attached hydrogen (secondary N) is 1. The van der Waals surface area contributed by atoms with Gasteiger partial charge in [-0.15, -0.1) is 0 Å². The summed E-state index contributed by atoms with van der Waals surface area (Å²) in [4.78, 5) is 0. The maximum Gasteiger partial charge on any atom is 0.0463 e. The predicted molar refractivity (Wildman–Crippen MR) is 61.7 cm³/mol. The molecule has 0 fully saturated rings. The summed E-state index contributed by atoms with van der Waals surface area (Å²) in [6.45, 7) is 1.04. The summed E-state index contributed by atoms with van der Waals surface area (Å²) >= 11 is 10.6. The van der Waals surface area contributed by atoms with E-state index in [2.05, 4.69) is 59.2 Å². The van der Waals surface area contributed by atoms with Crippen LogP contribution in [0.25, 0.3) is 0 Å². The molecule has 0 amide bonds. The highest BCUT2D eigenvalue weighted by Crippen LogP contribution is 2.40. The smallest absolute Gasteiger partial charge is 0.0463 e.